The maximum absolute atomic E-state index is 13.6. The Kier molecular flexibility index (Phi) is 27.1. The molecule has 71 heavy (non-hydrogen) atoms. The summed E-state index contributed by atoms with van der Waals surface area (Å²) in [4.78, 5) is 141. The number of carbonyl (C=O) groups is 11. The predicted octanol–water partition coefficient (Wildman–Crippen LogP) is -6.67. The molecule has 0 aromatic heterocycles. The predicted molar refractivity (Wildman–Crippen MR) is 254 cm³/mol. The summed E-state index contributed by atoms with van der Waals surface area (Å²) in [7, 11) is 0. The van der Waals surface area contributed by atoms with Gasteiger partial charge in [-0.15, -0.1) is 0 Å². The summed E-state index contributed by atoms with van der Waals surface area (Å²) in [5.41, 5.74) is 23.4. The molecule has 7 atom stereocenters. The van der Waals surface area contributed by atoms with E-state index in [0.29, 0.717) is 31.4 Å². The summed E-state index contributed by atoms with van der Waals surface area (Å²) in [6.45, 7) is -1.68. The van der Waals surface area contributed by atoms with Crippen LogP contribution in [0.4, 0.5) is 0 Å². The molecule has 0 fully saturated rings. The van der Waals surface area contributed by atoms with Crippen molar-refractivity contribution in [1.82, 2.24) is 47.9 Å². The number of hydrogen-bond donors (Lipinski definition) is 15. The van der Waals surface area contributed by atoms with Gasteiger partial charge in [-0.1, -0.05) is 60.7 Å². The lowest BCUT2D eigenvalue weighted by Gasteiger charge is -2.25. The molecule has 0 aliphatic rings. The SMILES string of the molecule is C[C@H](N)C(=O)N[C@@H](CCCCN)C(=O)N[C@@H](CO)C(=O)N[C@@H](CCC(N)=O)C(=O)NCC(=O)NCC(=O)N[C@@H](CO)C(=O)N[C@@H](CC(N)=O)C(=O)N[C@@H](Cc1ccccc1)C(=O)NCCc1ccccc1. The molecule has 0 aliphatic heterocycles. The second kappa shape index (κ2) is 32.3. The normalized spacial score (nSPS) is 13.7. The van der Waals surface area contributed by atoms with Crippen molar-refractivity contribution in [2.24, 2.45) is 22.9 Å². The summed E-state index contributed by atoms with van der Waals surface area (Å²) in [6, 6.07) is 8.12. The fourth-order valence-corrected chi connectivity index (χ4v) is 6.44. The largest absolute Gasteiger partial charge is 0.394 e. The maximum Gasteiger partial charge on any atom is 0.245 e. The molecular weight excluding hydrogens is 931 g/mol. The van der Waals surface area contributed by atoms with Crippen LogP contribution in [0.15, 0.2) is 60.7 Å². The number of aliphatic hydroxyl groups excluding tert-OH is 2. The molecule has 0 heterocycles. The molecule has 26 nitrogen and oxygen atoms in total. The molecule has 0 saturated carbocycles. The Hall–Kier alpha value is -7.55. The number of benzene rings is 2. The number of aliphatic hydroxyl groups is 2. The molecule has 2 aromatic rings. The minimum atomic E-state index is -1.73. The van der Waals surface area contributed by atoms with E-state index in [4.69, 9.17) is 22.9 Å². The minimum absolute atomic E-state index is 0.0288. The second-order valence-electron chi connectivity index (χ2n) is 16.3. The van der Waals surface area contributed by atoms with Crippen LogP contribution in [0, 0.1) is 0 Å². The summed E-state index contributed by atoms with van der Waals surface area (Å²) in [6.07, 6.45) is 0.000433. The Balaban J connectivity index is 2.03. The zero-order valence-corrected chi connectivity index (χ0v) is 39.4. The first-order chi connectivity index (χ1) is 33.8. The number of primary amides is 2. The summed E-state index contributed by atoms with van der Waals surface area (Å²) in [5, 5.41) is 41.1. The first kappa shape index (κ1) is 59.6. The van der Waals surface area contributed by atoms with E-state index < -0.39 is 146 Å². The van der Waals surface area contributed by atoms with Gasteiger partial charge in [0, 0.05) is 19.4 Å². The topological polar surface area (TPSA) is 441 Å². The average molecular weight is 998 g/mol. The van der Waals surface area contributed by atoms with Crippen LogP contribution in [0.2, 0.25) is 0 Å². The van der Waals surface area contributed by atoms with Gasteiger partial charge in [-0.05, 0) is 56.7 Å². The highest BCUT2D eigenvalue weighted by Gasteiger charge is 2.32. The highest BCUT2D eigenvalue weighted by atomic mass is 16.3. The molecule has 2 aromatic carbocycles. The highest BCUT2D eigenvalue weighted by molar-refractivity contribution is 5.98. The third kappa shape index (κ3) is 23.5. The van der Waals surface area contributed by atoms with Gasteiger partial charge in [0.25, 0.3) is 0 Å². The molecule has 0 radical (unpaired) electrons. The van der Waals surface area contributed by atoms with Gasteiger partial charge in [-0.3, -0.25) is 52.7 Å². The lowest BCUT2D eigenvalue weighted by Crippen LogP contribution is -2.59. The Bertz CT molecular complexity index is 2120. The van der Waals surface area contributed by atoms with Crippen LogP contribution in [0.5, 0.6) is 0 Å². The fourth-order valence-electron chi connectivity index (χ4n) is 6.44. The van der Waals surface area contributed by atoms with E-state index in [1.54, 1.807) is 30.3 Å². The van der Waals surface area contributed by atoms with Crippen molar-refractivity contribution >= 4 is 65.0 Å². The van der Waals surface area contributed by atoms with Crippen LogP contribution in [0.3, 0.4) is 0 Å². The van der Waals surface area contributed by atoms with Crippen molar-refractivity contribution in [2.75, 3.05) is 39.4 Å². The van der Waals surface area contributed by atoms with E-state index in [0.717, 1.165) is 5.56 Å². The number of carbonyl (C=O) groups excluding carboxylic acids is 11. The Morgan fingerprint density at radius 3 is 1.55 bits per heavy atom. The molecule has 11 amide bonds. The summed E-state index contributed by atoms with van der Waals surface area (Å²) in [5.74, 6) is -10.2. The number of hydrogen-bond acceptors (Lipinski definition) is 15. The number of amides is 11. The van der Waals surface area contributed by atoms with Gasteiger partial charge >= 0.3 is 0 Å². The van der Waals surface area contributed by atoms with Gasteiger partial charge in [-0.25, -0.2) is 0 Å². The van der Waals surface area contributed by atoms with Crippen molar-refractivity contribution in [3.05, 3.63) is 71.8 Å². The number of nitrogens with one attached hydrogen (secondary N) is 9. The molecule has 0 saturated heterocycles. The molecule has 0 spiro atoms. The van der Waals surface area contributed by atoms with Crippen LogP contribution in [0.1, 0.15) is 56.6 Å². The number of nitrogens with two attached hydrogens (primary N) is 4. The van der Waals surface area contributed by atoms with Crippen molar-refractivity contribution in [3.63, 3.8) is 0 Å². The first-order valence-electron chi connectivity index (χ1n) is 22.7. The number of unbranched alkanes of at least 4 members (excludes halogenated alkanes) is 1. The third-order valence-electron chi connectivity index (χ3n) is 10.3. The zero-order chi connectivity index (χ0) is 52.9. The van der Waals surface area contributed by atoms with Crippen molar-refractivity contribution < 1.29 is 63.0 Å². The van der Waals surface area contributed by atoms with Crippen molar-refractivity contribution in [2.45, 2.75) is 101 Å². The van der Waals surface area contributed by atoms with Gasteiger partial charge in [0.15, 0.2) is 0 Å². The van der Waals surface area contributed by atoms with Gasteiger partial charge < -0.3 is 81.0 Å². The molecule has 0 unspecified atom stereocenters. The molecule has 19 N–H and O–H groups in total. The highest BCUT2D eigenvalue weighted by Crippen LogP contribution is 2.07. The minimum Gasteiger partial charge on any atom is -0.394 e. The van der Waals surface area contributed by atoms with Gasteiger partial charge in [0.05, 0.1) is 38.8 Å². The standard InChI is InChI=1S/C45H67N13O13/c1-26(47)39(65)54-29(14-8-9-18-46)42(68)58-34(25-60)45(71)55-30(15-16-35(48)61)40(66)52-22-37(63)51-23-38(64)53-33(24-59)44(70)57-32(21-36(49)62)43(69)56-31(20-28-12-6-3-7-13-28)41(67)50-19-17-27-10-4-2-5-11-27/h2-7,10-13,26,29-34,59-60H,8-9,14-25,46-47H2,1H3,(H2,48,61)(H2,49,62)(H,50,67)(H,51,63)(H,52,66)(H,53,64)(H,54,65)(H,55,71)(H,56,69)(H,57,70)(H,58,68)/t26-,29-,30-,31-,32-,33-,34-/m0/s1. The molecule has 26 heteroatoms. The number of rotatable bonds is 33. The van der Waals surface area contributed by atoms with Crippen LogP contribution < -0.4 is 70.8 Å². The lowest BCUT2D eigenvalue weighted by atomic mass is 10.0. The summed E-state index contributed by atoms with van der Waals surface area (Å²) >= 11 is 0. The van der Waals surface area contributed by atoms with Crippen LogP contribution in [0.25, 0.3) is 0 Å². The van der Waals surface area contributed by atoms with E-state index in [9.17, 15) is 63.0 Å². The van der Waals surface area contributed by atoms with E-state index in [-0.39, 0.29) is 25.8 Å². The molecular formula is C45H67N13O13. The molecule has 0 aliphatic carbocycles. The smallest absolute Gasteiger partial charge is 0.245 e. The van der Waals surface area contributed by atoms with Gasteiger partial charge in [0.2, 0.25) is 65.0 Å². The Morgan fingerprint density at radius 2 is 0.986 bits per heavy atom. The average Bonchev–Trinajstić information content (AvgIpc) is 3.33. The zero-order valence-electron chi connectivity index (χ0n) is 39.4. The third-order valence-corrected chi connectivity index (χ3v) is 10.3. The summed E-state index contributed by atoms with van der Waals surface area (Å²) < 4.78 is 0. The van der Waals surface area contributed by atoms with E-state index in [1.807, 2.05) is 30.3 Å². The maximum atomic E-state index is 13.6. The Labute approximate surface area is 409 Å². The van der Waals surface area contributed by atoms with E-state index in [2.05, 4.69) is 47.9 Å². The van der Waals surface area contributed by atoms with Crippen LogP contribution in [-0.4, -0.2) is 157 Å². The quantitative estimate of drug-likeness (QED) is 0.0296. The molecule has 2 rings (SSSR count). The van der Waals surface area contributed by atoms with Crippen molar-refractivity contribution in [1.29, 1.82) is 0 Å². The van der Waals surface area contributed by atoms with Crippen LogP contribution in [-0.2, 0) is 65.6 Å². The van der Waals surface area contributed by atoms with E-state index >= 15 is 0 Å². The lowest BCUT2D eigenvalue weighted by molar-refractivity contribution is -0.135. The second-order valence-corrected chi connectivity index (χ2v) is 16.3. The Morgan fingerprint density at radius 1 is 0.507 bits per heavy atom. The van der Waals surface area contributed by atoms with Crippen molar-refractivity contribution in [3.8, 4) is 0 Å². The molecule has 0 bridgehead atoms. The van der Waals surface area contributed by atoms with Gasteiger partial charge in [-0.2, -0.15) is 0 Å². The van der Waals surface area contributed by atoms with Gasteiger partial charge in [0.1, 0.15) is 36.3 Å². The monoisotopic (exact) mass is 997 g/mol. The first-order valence-corrected chi connectivity index (χ1v) is 22.7. The van der Waals surface area contributed by atoms with Crippen LogP contribution >= 0.6 is 0 Å². The molecule has 390 valence electrons. The fraction of sp³-hybridized carbons (Fsp3) is 0.489. The van der Waals surface area contributed by atoms with E-state index in [1.165, 1.54) is 6.92 Å².